The second-order valence-corrected chi connectivity index (χ2v) is 6.38. The second-order valence-electron chi connectivity index (χ2n) is 5.97. The van der Waals surface area contributed by atoms with E-state index in [2.05, 4.69) is 18.2 Å². The van der Waals surface area contributed by atoms with Gasteiger partial charge < -0.3 is 4.90 Å². The number of allylic oxidation sites excluding steroid dienone is 6. The molecule has 1 aromatic carbocycles. The van der Waals surface area contributed by atoms with Gasteiger partial charge in [0.05, 0.1) is 5.71 Å². The van der Waals surface area contributed by atoms with Gasteiger partial charge in [0.25, 0.3) is 5.91 Å². The minimum Gasteiger partial charge on any atom is -0.334 e. The molecule has 1 unspecified atom stereocenters. The Bertz CT molecular complexity index is 830. The zero-order valence-corrected chi connectivity index (χ0v) is 15.9. The molecule has 3 nitrogen and oxygen atoms in total. The third-order valence-corrected chi connectivity index (χ3v) is 4.48. The molecule has 26 heavy (non-hydrogen) atoms. The molecule has 1 amide bonds. The number of rotatable bonds is 4. The first-order valence-corrected chi connectivity index (χ1v) is 8.79. The summed E-state index contributed by atoms with van der Waals surface area (Å²) in [6.45, 7) is 9.76. The van der Waals surface area contributed by atoms with Crippen LogP contribution in [-0.4, -0.2) is 29.6 Å². The summed E-state index contributed by atoms with van der Waals surface area (Å²) in [5, 5.41) is 0.563. The van der Waals surface area contributed by atoms with Gasteiger partial charge in [-0.1, -0.05) is 66.8 Å². The predicted octanol–water partition coefficient (Wildman–Crippen LogP) is 5.12. The average Bonchev–Trinajstić information content (AvgIpc) is 2.65. The number of amides is 1. The van der Waals surface area contributed by atoms with E-state index in [1.165, 1.54) is 0 Å². The van der Waals surface area contributed by atoms with Gasteiger partial charge >= 0.3 is 0 Å². The highest BCUT2D eigenvalue weighted by molar-refractivity contribution is 6.35. The lowest BCUT2D eigenvalue weighted by Gasteiger charge is -2.22. The minimum atomic E-state index is -0.173. The first-order chi connectivity index (χ1) is 12.5. The molecule has 0 radical (unpaired) electrons. The van der Waals surface area contributed by atoms with Crippen LogP contribution in [0.15, 0.2) is 90.1 Å². The summed E-state index contributed by atoms with van der Waals surface area (Å²) in [6.07, 6.45) is 11.8. The van der Waals surface area contributed by atoms with Crippen LogP contribution in [0.5, 0.6) is 0 Å². The van der Waals surface area contributed by atoms with Gasteiger partial charge in [-0.2, -0.15) is 0 Å². The largest absolute Gasteiger partial charge is 0.334 e. The number of carbonyl (C=O) groups excluding carboxylic acids is 1. The molecule has 1 heterocycles. The van der Waals surface area contributed by atoms with E-state index in [1.807, 2.05) is 55.5 Å². The van der Waals surface area contributed by atoms with Crippen molar-refractivity contribution < 1.29 is 4.79 Å². The van der Waals surface area contributed by atoms with E-state index in [4.69, 9.17) is 11.6 Å². The lowest BCUT2D eigenvalue weighted by Crippen LogP contribution is -2.34. The fourth-order valence-corrected chi connectivity index (χ4v) is 2.60. The van der Waals surface area contributed by atoms with Gasteiger partial charge in [0.15, 0.2) is 0 Å². The molecule has 4 heteroatoms. The quantitative estimate of drug-likeness (QED) is 0.681. The molecule has 0 saturated heterocycles. The zero-order chi connectivity index (χ0) is 19.1. The van der Waals surface area contributed by atoms with Gasteiger partial charge in [0.2, 0.25) is 0 Å². The molecule has 1 aliphatic heterocycles. The highest BCUT2D eigenvalue weighted by atomic mass is 35.5. The monoisotopic (exact) mass is 366 g/mol. The Hall–Kier alpha value is -2.65. The summed E-state index contributed by atoms with van der Waals surface area (Å²) >= 11 is 6.36. The van der Waals surface area contributed by atoms with Gasteiger partial charge in [-0.3, -0.25) is 4.79 Å². The molecule has 0 N–H and O–H groups in total. The molecular formula is C22H23ClN2O. The van der Waals surface area contributed by atoms with Crippen molar-refractivity contribution >= 4 is 23.2 Å². The molecule has 1 aliphatic rings. The van der Waals surface area contributed by atoms with Crippen LogP contribution in [0.25, 0.3) is 0 Å². The van der Waals surface area contributed by atoms with Crippen LogP contribution in [0.4, 0.5) is 0 Å². The van der Waals surface area contributed by atoms with Crippen molar-refractivity contribution in [2.75, 3.05) is 7.05 Å². The first kappa shape index (κ1) is 19.7. The lowest BCUT2D eigenvalue weighted by atomic mass is 10.0. The maximum absolute atomic E-state index is 12.9. The number of aliphatic imine (C=N–C) groups is 1. The van der Waals surface area contributed by atoms with Gasteiger partial charge in [-0.15, -0.1) is 6.58 Å². The maximum atomic E-state index is 12.9. The van der Waals surface area contributed by atoms with Crippen molar-refractivity contribution in [3.8, 4) is 0 Å². The summed E-state index contributed by atoms with van der Waals surface area (Å²) in [7, 11) is 1.74. The standard InChI is InChI=1S/C22H23ClN2O/c1-5-17(3)25(4)22(26)20-15-9-7-6-8-12-16(2)21(24-20)18-13-10-11-14-19(18)23/h5-8,10-15,17H,1-2,9H2,3-4H3. The summed E-state index contributed by atoms with van der Waals surface area (Å²) < 4.78 is 0. The van der Waals surface area contributed by atoms with Gasteiger partial charge in [0, 0.05) is 23.7 Å². The van der Waals surface area contributed by atoms with Crippen LogP contribution in [0.2, 0.25) is 5.02 Å². The Morgan fingerprint density at radius 1 is 1.35 bits per heavy atom. The molecule has 2 rings (SSSR count). The first-order valence-electron chi connectivity index (χ1n) is 8.41. The Balaban J connectivity index is 2.57. The minimum absolute atomic E-state index is 0.101. The Labute approximate surface area is 160 Å². The van der Waals surface area contributed by atoms with Crippen LogP contribution < -0.4 is 0 Å². The Morgan fingerprint density at radius 2 is 2.08 bits per heavy atom. The summed E-state index contributed by atoms with van der Waals surface area (Å²) in [5.74, 6) is -0.173. The van der Waals surface area contributed by atoms with Crippen LogP contribution in [-0.2, 0) is 4.79 Å². The fraction of sp³-hybridized carbons (Fsp3) is 0.182. The van der Waals surface area contributed by atoms with E-state index in [9.17, 15) is 4.79 Å². The Morgan fingerprint density at radius 3 is 2.77 bits per heavy atom. The Kier molecular flexibility index (Phi) is 6.93. The van der Waals surface area contributed by atoms with Crippen molar-refractivity contribution in [2.45, 2.75) is 19.4 Å². The number of hydrogen-bond donors (Lipinski definition) is 0. The highest BCUT2D eigenvalue weighted by Crippen LogP contribution is 2.22. The number of hydrogen-bond acceptors (Lipinski definition) is 2. The van der Waals surface area contributed by atoms with E-state index in [0.717, 1.165) is 5.56 Å². The maximum Gasteiger partial charge on any atom is 0.272 e. The molecule has 1 atom stereocenters. The van der Waals surface area contributed by atoms with E-state index in [0.29, 0.717) is 28.4 Å². The van der Waals surface area contributed by atoms with Crippen LogP contribution in [0.1, 0.15) is 18.9 Å². The van der Waals surface area contributed by atoms with Gasteiger partial charge in [-0.05, 0) is 31.1 Å². The molecule has 0 saturated carbocycles. The molecule has 0 aliphatic carbocycles. The van der Waals surface area contributed by atoms with Gasteiger partial charge in [0.1, 0.15) is 5.70 Å². The fourth-order valence-electron chi connectivity index (χ4n) is 2.37. The summed E-state index contributed by atoms with van der Waals surface area (Å²) in [4.78, 5) is 19.2. The normalized spacial score (nSPS) is 15.7. The third kappa shape index (κ3) is 4.70. The van der Waals surface area contributed by atoms with Gasteiger partial charge in [-0.25, -0.2) is 4.99 Å². The van der Waals surface area contributed by atoms with Crippen molar-refractivity contribution in [3.63, 3.8) is 0 Å². The van der Waals surface area contributed by atoms with Crippen molar-refractivity contribution in [3.05, 3.63) is 95.7 Å². The highest BCUT2D eigenvalue weighted by Gasteiger charge is 2.20. The van der Waals surface area contributed by atoms with Crippen molar-refractivity contribution in [1.82, 2.24) is 4.90 Å². The molecule has 0 fully saturated rings. The van der Waals surface area contributed by atoms with Crippen LogP contribution in [0, 0.1) is 0 Å². The number of carbonyl (C=O) groups is 1. The smallest absolute Gasteiger partial charge is 0.272 e. The molecule has 0 aromatic heterocycles. The molecule has 134 valence electrons. The average molecular weight is 367 g/mol. The molecular weight excluding hydrogens is 344 g/mol. The molecule has 1 aromatic rings. The second kappa shape index (κ2) is 9.16. The lowest BCUT2D eigenvalue weighted by molar-refractivity contribution is -0.126. The van der Waals surface area contributed by atoms with E-state index in [1.54, 1.807) is 24.1 Å². The SMILES string of the molecule is C=CC(C)N(C)C(=O)C1=CCC=CC=CC(=C)C(c2ccccc2Cl)=N1. The van der Waals surface area contributed by atoms with E-state index < -0.39 is 0 Å². The summed E-state index contributed by atoms with van der Waals surface area (Å²) in [6, 6.07) is 7.31. The summed E-state index contributed by atoms with van der Waals surface area (Å²) in [5.41, 5.74) is 2.37. The molecule has 0 bridgehead atoms. The topological polar surface area (TPSA) is 32.7 Å². The van der Waals surface area contributed by atoms with Crippen molar-refractivity contribution in [2.24, 2.45) is 4.99 Å². The molecule has 0 spiro atoms. The number of nitrogens with zero attached hydrogens (tertiary/aromatic N) is 2. The van der Waals surface area contributed by atoms with Crippen LogP contribution in [0.3, 0.4) is 0 Å². The number of halogens is 1. The van der Waals surface area contributed by atoms with E-state index >= 15 is 0 Å². The predicted molar refractivity (Wildman–Crippen MR) is 111 cm³/mol. The zero-order valence-electron chi connectivity index (χ0n) is 15.2. The van der Waals surface area contributed by atoms with Crippen molar-refractivity contribution in [1.29, 1.82) is 0 Å². The number of likely N-dealkylation sites (N-methyl/N-ethyl adjacent to an activating group) is 1. The third-order valence-electron chi connectivity index (χ3n) is 4.15. The van der Waals surface area contributed by atoms with Crippen LogP contribution >= 0.6 is 11.6 Å². The number of benzene rings is 1. The van der Waals surface area contributed by atoms with E-state index in [-0.39, 0.29) is 11.9 Å².